The highest BCUT2D eigenvalue weighted by molar-refractivity contribution is 9.10. The van der Waals surface area contributed by atoms with Gasteiger partial charge < -0.3 is 15.5 Å². The quantitative estimate of drug-likeness (QED) is 0.333. The van der Waals surface area contributed by atoms with Crippen molar-refractivity contribution in [2.24, 2.45) is 4.99 Å². The number of rotatable bonds is 4. The van der Waals surface area contributed by atoms with Crippen molar-refractivity contribution in [2.45, 2.75) is 12.7 Å². The minimum Gasteiger partial charge on any atom is -0.506 e. The highest BCUT2D eigenvalue weighted by Gasteiger charge is 2.39. The van der Waals surface area contributed by atoms with E-state index in [1.807, 2.05) is 0 Å². The second-order valence-electron chi connectivity index (χ2n) is 6.18. The van der Waals surface area contributed by atoms with E-state index in [0.717, 1.165) is 12.1 Å². The van der Waals surface area contributed by atoms with Gasteiger partial charge in [-0.3, -0.25) is 19.6 Å². The van der Waals surface area contributed by atoms with Crippen LogP contribution in [0.3, 0.4) is 0 Å². The molecule has 3 rings (SSSR count). The number of anilines is 1. The van der Waals surface area contributed by atoms with Crippen molar-refractivity contribution >= 4 is 44.5 Å². The Labute approximate surface area is 175 Å². The van der Waals surface area contributed by atoms with Gasteiger partial charge >= 0.3 is 12.1 Å². The van der Waals surface area contributed by atoms with E-state index in [4.69, 9.17) is 0 Å². The van der Waals surface area contributed by atoms with E-state index in [-0.39, 0.29) is 23.7 Å². The average molecular weight is 484 g/mol. The summed E-state index contributed by atoms with van der Waals surface area (Å²) in [5.74, 6) is -3.13. The molecule has 2 aromatic carbocycles. The number of aromatic hydroxyl groups is 2. The molecule has 0 unspecified atom stereocenters. The first-order chi connectivity index (χ1) is 14.1. The fourth-order valence-electron chi connectivity index (χ4n) is 2.65. The van der Waals surface area contributed by atoms with Gasteiger partial charge in [0, 0.05) is 21.5 Å². The number of hydrogen-bond donors (Lipinski definition) is 4. The lowest BCUT2D eigenvalue weighted by atomic mass is 10.1. The van der Waals surface area contributed by atoms with Crippen LogP contribution in [0.2, 0.25) is 0 Å². The number of fused-ring (bicyclic) bond motifs is 1. The van der Waals surface area contributed by atoms with Gasteiger partial charge in [0.2, 0.25) is 5.88 Å². The molecule has 30 heavy (non-hydrogen) atoms. The molecule has 0 saturated heterocycles. The molecule has 156 valence electrons. The summed E-state index contributed by atoms with van der Waals surface area (Å²) in [6.07, 6.45) is -3.75. The first-order valence-corrected chi connectivity index (χ1v) is 9.10. The number of H-pyrrole nitrogens is 1. The predicted molar refractivity (Wildman–Crippen MR) is 108 cm³/mol. The third-order valence-electron chi connectivity index (χ3n) is 4.07. The molecular formula is C19H13BrF3N3O4. The lowest BCUT2D eigenvalue weighted by Crippen LogP contribution is -2.29. The molecule has 0 aliphatic rings. The standard InChI is InChI=1S/C19H13BrF3N3O4/c20-10-2-3-11-12(6-10)13(17(29)26-16(11)28)8-24-7-9-1-4-14(15(27)5-9)25-18(30)19(21,22)23/h1-6,8,27H,7H2,(H,25,30)(H2,26,28,29). The van der Waals surface area contributed by atoms with Crippen LogP contribution < -0.4 is 10.9 Å². The number of alkyl halides is 3. The van der Waals surface area contributed by atoms with Crippen molar-refractivity contribution < 1.29 is 28.2 Å². The molecule has 1 heterocycles. The smallest absolute Gasteiger partial charge is 0.471 e. The molecule has 0 aliphatic heterocycles. The third-order valence-corrected chi connectivity index (χ3v) is 4.56. The normalized spacial score (nSPS) is 11.9. The number of nitrogens with one attached hydrogen (secondary N) is 2. The summed E-state index contributed by atoms with van der Waals surface area (Å²) in [4.78, 5) is 29.4. The highest BCUT2D eigenvalue weighted by atomic mass is 79.9. The number of hydrogen-bond acceptors (Lipinski definition) is 5. The van der Waals surface area contributed by atoms with Crippen molar-refractivity contribution in [2.75, 3.05) is 5.32 Å². The molecule has 0 saturated carbocycles. The number of aliphatic imine (C=N–C) groups is 1. The number of carbonyl (C=O) groups is 1. The summed E-state index contributed by atoms with van der Waals surface area (Å²) in [5, 5.41) is 22.3. The van der Waals surface area contributed by atoms with Gasteiger partial charge in [-0.2, -0.15) is 13.2 Å². The minimum atomic E-state index is -5.08. The molecule has 1 aromatic heterocycles. The van der Waals surface area contributed by atoms with Crippen LogP contribution in [0.4, 0.5) is 18.9 Å². The number of phenolic OH excluding ortho intramolecular Hbond substituents is 1. The van der Waals surface area contributed by atoms with Crippen LogP contribution in [-0.2, 0) is 11.3 Å². The van der Waals surface area contributed by atoms with Crippen molar-refractivity contribution in [3.8, 4) is 11.6 Å². The summed E-state index contributed by atoms with van der Waals surface area (Å²) < 4.78 is 37.6. The summed E-state index contributed by atoms with van der Waals surface area (Å²) in [6.45, 7) is 0.00905. The molecule has 7 nitrogen and oxygen atoms in total. The Bertz CT molecular complexity index is 1220. The second kappa shape index (κ2) is 8.19. The van der Waals surface area contributed by atoms with E-state index in [9.17, 15) is 33.0 Å². The number of aromatic nitrogens is 1. The average Bonchev–Trinajstić information content (AvgIpc) is 2.65. The van der Waals surface area contributed by atoms with Crippen LogP contribution >= 0.6 is 15.9 Å². The number of pyridine rings is 1. The number of aromatic amines is 1. The lowest BCUT2D eigenvalue weighted by molar-refractivity contribution is -0.167. The molecule has 0 spiro atoms. The summed E-state index contributed by atoms with van der Waals surface area (Å²) in [5.41, 5.74) is -0.153. The second-order valence-corrected chi connectivity index (χ2v) is 7.10. The summed E-state index contributed by atoms with van der Waals surface area (Å²) in [7, 11) is 0. The summed E-state index contributed by atoms with van der Waals surface area (Å²) >= 11 is 3.30. The molecule has 0 aliphatic carbocycles. The maximum absolute atomic E-state index is 12.3. The predicted octanol–water partition coefficient (Wildman–Crippen LogP) is 3.82. The van der Waals surface area contributed by atoms with Gasteiger partial charge in [-0.25, -0.2) is 0 Å². The molecular weight excluding hydrogens is 471 g/mol. The Balaban J connectivity index is 1.83. The van der Waals surface area contributed by atoms with E-state index in [0.29, 0.717) is 20.8 Å². The SMILES string of the molecule is O=C(Nc1ccc(CN=Cc2c(O)[nH]c(=O)c3ccc(Br)cc23)cc1O)C(F)(F)F. The van der Waals surface area contributed by atoms with Gasteiger partial charge in [0.1, 0.15) is 5.75 Å². The van der Waals surface area contributed by atoms with Gasteiger partial charge in [-0.1, -0.05) is 22.0 Å². The topological polar surface area (TPSA) is 115 Å². The molecule has 0 atom stereocenters. The van der Waals surface area contributed by atoms with Gasteiger partial charge in [0.15, 0.2) is 0 Å². The van der Waals surface area contributed by atoms with E-state index >= 15 is 0 Å². The minimum absolute atomic E-state index is 0.00905. The Morgan fingerprint density at radius 3 is 2.57 bits per heavy atom. The van der Waals surface area contributed by atoms with Gasteiger partial charge in [0.25, 0.3) is 5.56 Å². The number of nitrogens with zero attached hydrogens (tertiary/aromatic N) is 1. The zero-order chi connectivity index (χ0) is 22.1. The third kappa shape index (κ3) is 4.62. The van der Waals surface area contributed by atoms with Crippen LogP contribution in [0.5, 0.6) is 11.6 Å². The first kappa shape index (κ1) is 21.4. The Morgan fingerprint density at radius 1 is 1.17 bits per heavy atom. The zero-order valence-corrected chi connectivity index (χ0v) is 16.5. The maximum Gasteiger partial charge on any atom is 0.471 e. The molecule has 1 amide bonds. The zero-order valence-electron chi connectivity index (χ0n) is 14.9. The van der Waals surface area contributed by atoms with Crippen molar-refractivity contribution in [3.05, 3.63) is 62.4 Å². The van der Waals surface area contributed by atoms with Gasteiger partial charge in [0.05, 0.1) is 17.8 Å². The number of halogens is 4. The van der Waals surface area contributed by atoms with Gasteiger partial charge in [-0.05, 0) is 35.9 Å². The molecule has 0 bridgehead atoms. The van der Waals surface area contributed by atoms with Crippen molar-refractivity contribution in [1.29, 1.82) is 0 Å². The van der Waals surface area contributed by atoms with Crippen LogP contribution in [0.1, 0.15) is 11.1 Å². The number of phenols is 1. The molecule has 11 heteroatoms. The molecule has 4 N–H and O–H groups in total. The van der Waals surface area contributed by atoms with E-state index < -0.39 is 23.4 Å². The number of benzene rings is 2. The Hall–Kier alpha value is -3.34. The molecule has 3 aromatic rings. The van der Waals surface area contributed by atoms with Crippen LogP contribution in [-0.4, -0.2) is 33.5 Å². The highest BCUT2D eigenvalue weighted by Crippen LogP contribution is 2.28. The number of amides is 1. The Kier molecular flexibility index (Phi) is 5.83. The largest absolute Gasteiger partial charge is 0.506 e. The molecule has 0 radical (unpaired) electrons. The number of carbonyl (C=O) groups excluding carboxylic acids is 1. The maximum atomic E-state index is 12.3. The van der Waals surface area contributed by atoms with Crippen LogP contribution in [0.25, 0.3) is 10.8 Å². The van der Waals surface area contributed by atoms with E-state index in [1.54, 1.807) is 23.5 Å². The summed E-state index contributed by atoms with van der Waals surface area (Å²) in [6, 6.07) is 8.57. The fourth-order valence-corrected chi connectivity index (χ4v) is 3.02. The fraction of sp³-hybridized carbons (Fsp3) is 0.105. The van der Waals surface area contributed by atoms with E-state index in [1.165, 1.54) is 12.3 Å². The van der Waals surface area contributed by atoms with Crippen LogP contribution in [0, 0.1) is 0 Å². The molecule has 0 fully saturated rings. The van der Waals surface area contributed by atoms with Crippen molar-refractivity contribution in [3.63, 3.8) is 0 Å². The van der Waals surface area contributed by atoms with Crippen molar-refractivity contribution in [1.82, 2.24) is 4.98 Å². The lowest BCUT2D eigenvalue weighted by Gasteiger charge is -2.10. The van der Waals surface area contributed by atoms with Gasteiger partial charge in [-0.15, -0.1) is 0 Å². The Morgan fingerprint density at radius 2 is 1.90 bits per heavy atom. The first-order valence-electron chi connectivity index (χ1n) is 8.30. The van der Waals surface area contributed by atoms with E-state index in [2.05, 4.69) is 25.9 Å². The monoisotopic (exact) mass is 483 g/mol. The van der Waals surface area contributed by atoms with Crippen LogP contribution in [0.15, 0.2) is 50.7 Å².